The van der Waals surface area contributed by atoms with Gasteiger partial charge in [0.25, 0.3) is 0 Å². The molecule has 4 nitrogen and oxygen atoms in total. The number of hydrogen-bond donors (Lipinski definition) is 0. The molecule has 0 radical (unpaired) electrons. The van der Waals surface area contributed by atoms with Gasteiger partial charge in [-0.05, 0) is 13.3 Å². The van der Waals surface area contributed by atoms with Crippen molar-refractivity contribution >= 4 is 0 Å². The van der Waals surface area contributed by atoms with E-state index in [-0.39, 0.29) is 12.4 Å². The van der Waals surface area contributed by atoms with Gasteiger partial charge in [-0.1, -0.05) is 0 Å². The predicted molar refractivity (Wildman–Crippen MR) is 48.1 cm³/mol. The van der Waals surface area contributed by atoms with Gasteiger partial charge in [0.05, 0.1) is 30.5 Å². The molecule has 0 spiro atoms. The molecule has 4 heteroatoms. The Balaban J connectivity index is 1.41. The van der Waals surface area contributed by atoms with Crippen LogP contribution in [0.5, 0.6) is 0 Å². The lowest BCUT2D eigenvalue weighted by molar-refractivity contribution is -0.100. The summed E-state index contributed by atoms with van der Waals surface area (Å²) in [7, 11) is 0. The van der Waals surface area contributed by atoms with Crippen LogP contribution in [0.2, 0.25) is 0 Å². The molecule has 2 saturated carbocycles. The van der Waals surface area contributed by atoms with E-state index in [4.69, 9.17) is 18.9 Å². The molecule has 5 aliphatic rings. The second kappa shape index (κ2) is 2.25. The zero-order valence-electron chi connectivity index (χ0n) is 8.54. The zero-order chi connectivity index (χ0) is 9.73. The van der Waals surface area contributed by atoms with Crippen molar-refractivity contribution in [2.75, 3.05) is 0 Å². The molecule has 0 amide bonds. The molecule has 5 fully saturated rings. The van der Waals surface area contributed by atoms with E-state index in [2.05, 4.69) is 6.92 Å². The average Bonchev–Trinajstić information content (AvgIpc) is 3.03. The highest BCUT2D eigenvalue weighted by atomic mass is 16.8. The summed E-state index contributed by atoms with van der Waals surface area (Å²) in [5.41, 5.74) is 0. The molecule has 82 valence electrons. The number of fused-ring (bicyclic) bond motifs is 8. The number of rotatable bonds is 1. The highest BCUT2D eigenvalue weighted by Gasteiger charge is 2.71. The Hall–Kier alpha value is -0.160. The van der Waals surface area contributed by atoms with Crippen molar-refractivity contribution in [3.63, 3.8) is 0 Å². The quantitative estimate of drug-likeness (QED) is 0.584. The molecular weight excluding hydrogens is 196 g/mol. The van der Waals surface area contributed by atoms with Gasteiger partial charge in [-0.25, -0.2) is 0 Å². The maximum Gasteiger partial charge on any atom is 0.187 e. The van der Waals surface area contributed by atoms with Gasteiger partial charge < -0.3 is 18.9 Å². The van der Waals surface area contributed by atoms with Crippen molar-refractivity contribution in [2.45, 2.75) is 56.3 Å². The van der Waals surface area contributed by atoms with Crippen molar-refractivity contribution < 1.29 is 18.9 Å². The van der Waals surface area contributed by atoms with Crippen LogP contribution in [-0.4, -0.2) is 42.9 Å². The van der Waals surface area contributed by atoms with Crippen molar-refractivity contribution in [3.05, 3.63) is 0 Å². The summed E-state index contributed by atoms with van der Waals surface area (Å²) in [5, 5.41) is 0. The van der Waals surface area contributed by atoms with E-state index < -0.39 is 0 Å². The predicted octanol–water partition coefficient (Wildman–Crippen LogP) is 0.301. The third-order valence-corrected chi connectivity index (χ3v) is 4.73. The number of ether oxygens (including phenoxy) is 4. The van der Waals surface area contributed by atoms with Gasteiger partial charge in [-0.2, -0.15) is 0 Å². The lowest BCUT2D eigenvalue weighted by Gasteiger charge is -2.17. The standard InChI is InChI=1S/C11H14O4/c1-3-6(12-3)11-14-9-4-2-5(10(9)15-11)8-7(4)13-8/h3-11H,2H2,1H3/t3-,4-,5-,6+,7-,8-,9-,10+,11?/m1/s1. The first-order chi connectivity index (χ1) is 7.33. The van der Waals surface area contributed by atoms with Crippen LogP contribution in [-0.2, 0) is 18.9 Å². The van der Waals surface area contributed by atoms with Gasteiger partial charge >= 0.3 is 0 Å². The minimum absolute atomic E-state index is 0.0993. The Bertz CT molecular complexity index is 311. The van der Waals surface area contributed by atoms with Crippen LogP contribution in [0.4, 0.5) is 0 Å². The molecule has 3 saturated heterocycles. The van der Waals surface area contributed by atoms with Gasteiger partial charge in [0.2, 0.25) is 0 Å². The summed E-state index contributed by atoms with van der Waals surface area (Å²) >= 11 is 0. The Morgan fingerprint density at radius 1 is 0.733 bits per heavy atom. The van der Waals surface area contributed by atoms with Crippen molar-refractivity contribution in [2.24, 2.45) is 11.8 Å². The van der Waals surface area contributed by atoms with Crippen LogP contribution in [0.3, 0.4) is 0 Å². The molecule has 15 heavy (non-hydrogen) atoms. The first-order valence-corrected chi connectivity index (χ1v) is 5.95. The molecule has 1 unspecified atom stereocenters. The fourth-order valence-corrected chi connectivity index (χ4v) is 3.88. The lowest BCUT2D eigenvalue weighted by atomic mass is 9.95. The van der Waals surface area contributed by atoms with Crippen molar-refractivity contribution in [1.29, 1.82) is 0 Å². The molecule has 2 aliphatic carbocycles. The Morgan fingerprint density at radius 2 is 1.27 bits per heavy atom. The van der Waals surface area contributed by atoms with E-state index in [1.165, 1.54) is 6.42 Å². The molecule has 0 aromatic rings. The van der Waals surface area contributed by atoms with Gasteiger partial charge in [0.1, 0.15) is 6.10 Å². The largest absolute Gasteiger partial charge is 0.369 e. The fraction of sp³-hybridized carbons (Fsp3) is 1.00. The summed E-state index contributed by atoms with van der Waals surface area (Å²) in [4.78, 5) is 0. The SMILES string of the molecule is C[C@H]1O[C@@H]1C1O[C@@H]2[C@@H]3C[C@H]([C@H]4O[C@H]34)[C@@H]2O1. The van der Waals surface area contributed by atoms with Gasteiger partial charge in [-0.3, -0.25) is 0 Å². The topological polar surface area (TPSA) is 43.5 Å². The molecule has 3 heterocycles. The Morgan fingerprint density at radius 3 is 1.80 bits per heavy atom. The molecule has 2 bridgehead atoms. The molecular formula is C11H14O4. The highest BCUT2D eigenvalue weighted by molar-refractivity contribution is 5.17. The number of epoxide rings is 2. The average molecular weight is 210 g/mol. The van der Waals surface area contributed by atoms with Gasteiger partial charge in [0.15, 0.2) is 6.29 Å². The first-order valence-electron chi connectivity index (χ1n) is 5.95. The third-order valence-electron chi connectivity index (χ3n) is 4.73. The van der Waals surface area contributed by atoms with E-state index in [0.717, 1.165) is 0 Å². The zero-order valence-corrected chi connectivity index (χ0v) is 8.54. The smallest absolute Gasteiger partial charge is 0.187 e. The van der Waals surface area contributed by atoms with Crippen LogP contribution < -0.4 is 0 Å². The highest BCUT2D eigenvalue weighted by Crippen LogP contribution is 2.60. The van der Waals surface area contributed by atoms with Crippen LogP contribution >= 0.6 is 0 Å². The van der Waals surface area contributed by atoms with E-state index in [0.29, 0.717) is 42.4 Å². The van der Waals surface area contributed by atoms with Crippen molar-refractivity contribution in [3.8, 4) is 0 Å². The normalized spacial score (nSPS) is 69.4. The molecule has 0 aromatic carbocycles. The second-order valence-corrected chi connectivity index (χ2v) is 5.50. The molecule has 3 aliphatic heterocycles. The molecule has 9 atom stereocenters. The summed E-state index contributed by atoms with van der Waals surface area (Å²) < 4.78 is 23.0. The molecule has 0 aromatic heterocycles. The fourth-order valence-electron chi connectivity index (χ4n) is 3.88. The van der Waals surface area contributed by atoms with Gasteiger partial charge in [-0.15, -0.1) is 0 Å². The number of hydrogen-bond acceptors (Lipinski definition) is 4. The minimum Gasteiger partial charge on any atom is -0.369 e. The van der Waals surface area contributed by atoms with Crippen molar-refractivity contribution in [1.82, 2.24) is 0 Å². The van der Waals surface area contributed by atoms with E-state index in [9.17, 15) is 0 Å². The summed E-state index contributed by atoms with van der Waals surface area (Å²) in [6, 6.07) is 0. The second-order valence-electron chi connectivity index (χ2n) is 5.50. The molecule has 5 rings (SSSR count). The van der Waals surface area contributed by atoms with Crippen LogP contribution in [0, 0.1) is 11.8 Å². The maximum absolute atomic E-state index is 5.98. The van der Waals surface area contributed by atoms with Crippen LogP contribution in [0.1, 0.15) is 13.3 Å². The lowest BCUT2D eigenvalue weighted by Crippen LogP contribution is -2.33. The van der Waals surface area contributed by atoms with Gasteiger partial charge in [0, 0.05) is 11.8 Å². The van der Waals surface area contributed by atoms with E-state index >= 15 is 0 Å². The van der Waals surface area contributed by atoms with E-state index in [1.54, 1.807) is 0 Å². The van der Waals surface area contributed by atoms with E-state index in [1.807, 2.05) is 0 Å². The third kappa shape index (κ3) is 0.848. The summed E-state index contributed by atoms with van der Waals surface area (Å²) in [6.45, 7) is 2.07. The molecule has 0 N–H and O–H groups in total. The van der Waals surface area contributed by atoms with Crippen LogP contribution in [0.25, 0.3) is 0 Å². The summed E-state index contributed by atoms with van der Waals surface area (Å²) in [6.07, 6.45) is 3.23. The Labute approximate surface area is 87.8 Å². The Kier molecular flexibility index (Phi) is 1.20. The maximum atomic E-state index is 5.98. The summed E-state index contributed by atoms with van der Waals surface area (Å²) in [5.74, 6) is 1.20. The monoisotopic (exact) mass is 210 g/mol. The first kappa shape index (κ1) is 8.01. The van der Waals surface area contributed by atoms with Crippen LogP contribution in [0.15, 0.2) is 0 Å². The minimum atomic E-state index is -0.0993.